The van der Waals surface area contributed by atoms with Gasteiger partial charge in [0.1, 0.15) is 0 Å². The van der Waals surface area contributed by atoms with E-state index in [4.69, 9.17) is 0 Å². The van der Waals surface area contributed by atoms with Crippen molar-refractivity contribution in [1.82, 2.24) is 0 Å². The zero-order valence-electron chi connectivity index (χ0n) is 19.0. The number of hydrogen-bond acceptors (Lipinski definition) is 4. The van der Waals surface area contributed by atoms with E-state index < -0.39 is 15.1 Å². The lowest BCUT2D eigenvalue weighted by Gasteiger charge is -2.20. The molecular weight excluding hydrogens is 436 g/mol. The van der Waals surface area contributed by atoms with Crippen LogP contribution in [0.25, 0.3) is 0 Å². The van der Waals surface area contributed by atoms with Gasteiger partial charge in [-0.15, -0.1) is 0 Å². The topological polar surface area (TPSA) is 83.6 Å². The standard InChI is InChI=1S/C26H30N2O4S/c1-17(15-25(29)27-23-8-4-6-18-5-2-3-7-22(18)23)33(31,32)21-11-12-24-20(16-21)13-14-28(24)26(30)19-9-10-19/h4,6,8,11-12,16-17,19H,2-3,5,7,9-10,13-15H2,1H3,(H,27,29)/t17-/m1/s1. The Kier molecular flexibility index (Phi) is 5.77. The molecule has 5 rings (SSSR count). The highest BCUT2D eigenvalue weighted by Gasteiger charge is 2.37. The number of carbonyl (C=O) groups is 2. The molecule has 0 radical (unpaired) electrons. The van der Waals surface area contributed by atoms with E-state index in [1.807, 2.05) is 12.1 Å². The first kappa shape index (κ1) is 22.1. The van der Waals surface area contributed by atoms with Crippen LogP contribution in [0.1, 0.15) is 55.7 Å². The molecule has 7 heteroatoms. The number of amides is 2. The van der Waals surface area contributed by atoms with Gasteiger partial charge in [-0.25, -0.2) is 8.42 Å². The molecule has 1 heterocycles. The fraction of sp³-hybridized carbons (Fsp3) is 0.462. The van der Waals surface area contributed by atoms with Gasteiger partial charge in [-0.3, -0.25) is 9.59 Å². The van der Waals surface area contributed by atoms with Crippen LogP contribution in [-0.4, -0.2) is 32.0 Å². The van der Waals surface area contributed by atoms with Crippen molar-refractivity contribution in [3.05, 3.63) is 53.1 Å². The molecule has 2 amide bonds. The van der Waals surface area contributed by atoms with Crippen molar-refractivity contribution in [1.29, 1.82) is 0 Å². The minimum absolute atomic E-state index is 0.102. The maximum atomic E-state index is 13.2. The summed E-state index contributed by atoms with van der Waals surface area (Å²) in [5.74, 6) is -0.00183. The van der Waals surface area contributed by atoms with Gasteiger partial charge in [-0.2, -0.15) is 0 Å². The molecule has 1 fully saturated rings. The van der Waals surface area contributed by atoms with E-state index in [2.05, 4.69) is 11.4 Å². The number of anilines is 2. The Morgan fingerprint density at radius 2 is 1.85 bits per heavy atom. The summed E-state index contributed by atoms with van der Waals surface area (Å²) < 4.78 is 26.5. The maximum Gasteiger partial charge on any atom is 0.230 e. The fourth-order valence-corrected chi connectivity index (χ4v) is 6.44. The van der Waals surface area contributed by atoms with Gasteiger partial charge in [-0.05, 0) is 92.8 Å². The molecule has 174 valence electrons. The average molecular weight is 467 g/mol. The van der Waals surface area contributed by atoms with Crippen molar-refractivity contribution in [3.63, 3.8) is 0 Å². The first-order chi connectivity index (χ1) is 15.8. The van der Waals surface area contributed by atoms with Crippen LogP contribution in [0.2, 0.25) is 0 Å². The van der Waals surface area contributed by atoms with E-state index in [0.717, 1.165) is 55.5 Å². The number of nitrogens with one attached hydrogen (secondary N) is 1. The average Bonchev–Trinajstić information content (AvgIpc) is 3.57. The Bertz CT molecular complexity index is 1220. The molecule has 1 N–H and O–H groups in total. The largest absolute Gasteiger partial charge is 0.326 e. The number of rotatable bonds is 6. The number of aryl methyl sites for hydroxylation is 1. The molecular formula is C26H30N2O4S. The summed E-state index contributed by atoms with van der Waals surface area (Å²) >= 11 is 0. The van der Waals surface area contributed by atoms with Crippen LogP contribution in [0.3, 0.4) is 0 Å². The van der Waals surface area contributed by atoms with Crippen LogP contribution in [0.5, 0.6) is 0 Å². The quantitative estimate of drug-likeness (QED) is 0.696. The van der Waals surface area contributed by atoms with Crippen LogP contribution < -0.4 is 10.2 Å². The van der Waals surface area contributed by atoms with Gasteiger partial charge in [0.2, 0.25) is 11.8 Å². The SMILES string of the molecule is C[C@H](CC(=O)Nc1cccc2c1CCCC2)S(=O)(=O)c1ccc2c(c1)CCN2C(=O)C1CC1. The smallest absolute Gasteiger partial charge is 0.230 e. The summed E-state index contributed by atoms with van der Waals surface area (Å²) in [4.78, 5) is 27.2. The number of fused-ring (bicyclic) bond motifs is 2. The van der Waals surface area contributed by atoms with Gasteiger partial charge in [0.15, 0.2) is 9.84 Å². The van der Waals surface area contributed by atoms with Gasteiger partial charge in [0, 0.05) is 30.3 Å². The minimum Gasteiger partial charge on any atom is -0.326 e. The second-order valence-electron chi connectivity index (χ2n) is 9.56. The van der Waals surface area contributed by atoms with Gasteiger partial charge in [0.25, 0.3) is 0 Å². The maximum absolute atomic E-state index is 13.2. The lowest BCUT2D eigenvalue weighted by atomic mass is 9.90. The molecule has 2 aromatic rings. The Morgan fingerprint density at radius 3 is 2.64 bits per heavy atom. The molecule has 1 aliphatic heterocycles. The summed E-state index contributed by atoms with van der Waals surface area (Å²) in [6, 6.07) is 11.0. The summed E-state index contributed by atoms with van der Waals surface area (Å²) in [6.45, 7) is 2.19. The molecule has 3 aliphatic rings. The van der Waals surface area contributed by atoms with E-state index in [9.17, 15) is 18.0 Å². The summed E-state index contributed by atoms with van der Waals surface area (Å²) in [6.07, 6.45) is 6.67. The molecule has 1 saturated carbocycles. The Hall–Kier alpha value is -2.67. The highest BCUT2D eigenvalue weighted by molar-refractivity contribution is 7.92. The number of benzene rings is 2. The molecule has 6 nitrogen and oxygen atoms in total. The van der Waals surface area contributed by atoms with Gasteiger partial charge in [-0.1, -0.05) is 12.1 Å². The third-order valence-electron chi connectivity index (χ3n) is 7.14. The number of sulfone groups is 1. The monoisotopic (exact) mass is 466 g/mol. The van der Waals surface area contributed by atoms with Crippen LogP contribution in [0.4, 0.5) is 11.4 Å². The molecule has 2 aliphatic carbocycles. The van der Waals surface area contributed by atoms with E-state index in [1.54, 1.807) is 30.0 Å². The lowest BCUT2D eigenvalue weighted by molar-refractivity contribution is -0.119. The van der Waals surface area contributed by atoms with Crippen molar-refractivity contribution < 1.29 is 18.0 Å². The van der Waals surface area contributed by atoms with Crippen LogP contribution in [0, 0.1) is 5.92 Å². The van der Waals surface area contributed by atoms with Crippen LogP contribution >= 0.6 is 0 Å². The minimum atomic E-state index is -3.67. The fourth-order valence-electron chi connectivity index (χ4n) is 5.04. The van der Waals surface area contributed by atoms with Gasteiger partial charge < -0.3 is 10.2 Å². The normalized spacial score (nSPS) is 18.4. The first-order valence-electron chi connectivity index (χ1n) is 11.9. The van der Waals surface area contributed by atoms with Crippen LogP contribution in [0.15, 0.2) is 41.3 Å². The second-order valence-corrected chi connectivity index (χ2v) is 11.9. The van der Waals surface area contributed by atoms with Crippen molar-refractivity contribution in [2.24, 2.45) is 5.92 Å². The summed E-state index contributed by atoms with van der Waals surface area (Å²) in [5, 5.41) is 2.11. The zero-order chi connectivity index (χ0) is 23.2. The zero-order valence-corrected chi connectivity index (χ0v) is 19.8. The molecule has 0 bridgehead atoms. The Balaban J connectivity index is 1.28. The van der Waals surface area contributed by atoms with E-state index in [-0.39, 0.29) is 29.0 Å². The molecule has 33 heavy (non-hydrogen) atoms. The second kappa shape index (κ2) is 8.60. The first-order valence-corrected chi connectivity index (χ1v) is 13.5. The molecule has 0 aromatic heterocycles. The third kappa shape index (κ3) is 4.31. The molecule has 1 atom stereocenters. The van der Waals surface area contributed by atoms with E-state index in [0.29, 0.717) is 13.0 Å². The Labute approximate surface area is 195 Å². The molecule has 2 aromatic carbocycles. The van der Waals surface area contributed by atoms with Gasteiger partial charge >= 0.3 is 0 Å². The van der Waals surface area contributed by atoms with E-state index >= 15 is 0 Å². The lowest BCUT2D eigenvalue weighted by Crippen LogP contribution is -2.30. The van der Waals surface area contributed by atoms with Crippen molar-refractivity contribution in [3.8, 4) is 0 Å². The highest BCUT2D eigenvalue weighted by atomic mass is 32.2. The van der Waals surface area contributed by atoms with Crippen molar-refractivity contribution in [2.75, 3.05) is 16.8 Å². The predicted molar refractivity (Wildman–Crippen MR) is 128 cm³/mol. The summed E-state index contributed by atoms with van der Waals surface area (Å²) in [5.41, 5.74) is 4.96. The molecule has 0 spiro atoms. The van der Waals surface area contributed by atoms with Crippen molar-refractivity contribution >= 4 is 33.0 Å². The summed E-state index contributed by atoms with van der Waals surface area (Å²) in [7, 11) is -3.67. The van der Waals surface area contributed by atoms with Crippen LogP contribution in [-0.2, 0) is 38.7 Å². The predicted octanol–water partition coefficient (Wildman–Crippen LogP) is 4.06. The highest BCUT2D eigenvalue weighted by Crippen LogP contribution is 2.37. The van der Waals surface area contributed by atoms with E-state index in [1.165, 1.54) is 11.1 Å². The number of hydrogen-bond donors (Lipinski definition) is 1. The van der Waals surface area contributed by atoms with Crippen molar-refractivity contribution in [2.45, 2.75) is 68.4 Å². The molecule has 0 saturated heterocycles. The van der Waals surface area contributed by atoms with Gasteiger partial charge in [0.05, 0.1) is 10.1 Å². The number of carbonyl (C=O) groups excluding carboxylic acids is 2. The molecule has 0 unspecified atom stereocenters. The number of nitrogens with zero attached hydrogens (tertiary/aromatic N) is 1. The third-order valence-corrected chi connectivity index (χ3v) is 9.28. The Morgan fingerprint density at radius 1 is 1.06 bits per heavy atom.